The van der Waals surface area contributed by atoms with E-state index in [1.165, 1.54) is 12.8 Å². The van der Waals surface area contributed by atoms with Gasteiger partial charge < -0.3 is 10.1 Å². The van der Waals surface area contributed by atoms with Crippen LogP contribution >= 0.6 is 23.2 Å². The predicted molar refractivity (Wildman–Crippen MR) is 133 cm³/mol. The fourth-order valence-corrected chi connectivity index (χ4v) is 5.91. The summed E-state index contributed by atoms with van der Waals surface area (Å²) in [5, 5.41) is 10.3. The lowest BCUT2D eigenvalue weighted by molar-refractivity contribution is -0.0843. The summed E-state index contributed by atoms with van der Waals surface area (Å²) in [4.78, 5) is 15.8. The lowest BCUT2D eigenvalue weighted by atomic mass is 9.89. The Balaban J connectivity index is 1.17. The molecule has 3 aliphatic rings. The van der Waals surface area contributed by atoms with E-state index < -0.39 is 0 Å². The van der Waals surface area contributed by atoms with Crippen LogP contribution in [0.5, 0.6) is 0 Å². The Morgan fingerprint density at radius 2 is 1.85 bits per heavy atom. The van der Waals surface area contributed by atoms with Crippen molar-refractivity contribution in [2.24, 2.45) is 5.92 Å². The van der Waals surface area contributed by atoms with Gasteiger partial charge in [0, 0.05) is 46.6 Å². The van der Waals surface area contributed by atoms with Crippen LogP contribution in [0.3, 0.4) is 0 Å². The first-order valence-corrected chi connectivity index (χ1v) is 12.8. The molecule has 0 radical (unpaired) electrons. The zero-order valence-electron chi connectivity index (χ0n) is 18.9. The van der Waals surface area contributed by atoms with Gasteiger partial charge in [0.2, 0.25) is 0 Å². The van der Waals surface area contributed by atoms with E-state index >= 15 is 0 Å². The number of piperidine rings is 1. The molecule has 2 bridgehead atoms. The second-order valence-corrected chi connectivity index (χ2v) is 10.7. The van der Waals surface area contributed by atoms with E-state index in [1.807, 2.05) is 35.0 Å². The molecule has 0 spiro atoms. The largest absolute Gasteiger partial charge is 0.378 e. The maximum Gasteiger partial charge on any atom is 0.272 e. The van der Waals surface area contributed by atoms with Crippen molar-refractivity contribution in [2.45, 2.75) is 56.9 Å². The number of hydrogen-bond acceptors (Lipinski definition) is 4. The fourth-order valence-electron chi connectivity index (χ4n) is 5.45. The molecule has 178 valence electrons. The predicted octanol–water partition coefficient (Wildman–Crippen LogP) is 4.91. The zero-order valence-corrected chi connectivity index (χ0v) is 20.4. The molecule has 34 heavy (non-hydrogen) atoms. The van der Waals surface area contributed by atoms with E-state index in [1.54, 1.807) is 6.07 Å². The Kier molecular flexibility index (Phi) is 6.02. The number of halogens is 2. The van der Waals surface area contributed by atoms with Gasteiger partial charge in [0.05, 0.1) is 18.7 Å². The van der Waals surface area contributed by atoms with Crippen molar-refractivity contribution < 1.29 is 9.53 Å². The van der Waals surface area contributed by atoms with Crippen LogP contribution in [0, 0.1) is 5.92 Å². The van der Waals surface area contributed by atoms with Gasteiger partial charge in [-0.05, 0) is 55.4 Å². The van der Waals surface area contributed by atoms with Gasteiger partial charge in [-0.15, -0.1) is 0 Å². The topological polar surface area (TPSA) is 59.4 Å². The maximum absolute atomic E-state index is 13.3. The number of amides is 1. The minimum absolute atomic E-state index is 0.0797. The van der Waals surface area contributed by atoms with Crippen molar-refractivity contribution in [3.05, 3.63) is 63.8 Å². The van der Waals surface area contributed by atoms with E-state index in [0.29, 0.717) is 34.9 Å². The van der Waals surface area contributed by atoms with Gasteiger partial charge in [0.1, 0.15) is 0 Å². The molecule has 2 saturated heterocycles. The number of hydrogen-bond donors (Lipinski definition) is 1. The molecule has 6 nitrogen and oxygen atoms in total. The molecular formula is C26H28Cl2N4O2. The minimum Gasteiger partial charge on any atom is -0.378 e. The summed E-state index contributed by atoms with van der Waals surface area (Å²) in [6.07, 6.45) is 4.18. The highest BCUT2D eigenvalue weighted by Gasteiger charge is 2.40. The lowest BCUT2D eigenvalue weighted by Gasteiger charge is -2.48. The summed E-state index contributed by atoms with van der Waals surface area (Å²) in [6.45, 7) is 2.96. The van der Waals surface area contributed by atoms with E-state index in [0.717, 1.165) is 42.4 Å². The number of morpholine rings is 1. The summed E-state index contributed by atoms with van der Waals surface area (Å²) in [5.74, 6) is 0.612. The van der Waals surface area contributed by atoms with Gasteiger partial charge in [-0.3, -0.25) is 14.4 Å². The standard InChI is InChI=1S/C26H28Cl2N4O2/c27-18-8-7-17(23(28)9-18)13-31-20-10-19(11-21(31)15-34-14-20)29-26(33)25-22-3-1-2-4-24(22)32(30-25)12-16-5-6-16/h1-4,7-9,16,19-21H,5-6,10-15H2,(H,29,33)/t19-,20-,21+. The second kappa shape index (κ2) is 9.15. The number of para-hydroxylation sites is 1. The number of nitrogens with zero attached hydrogens (tertiary/aromatic N) is 3. The van der Waals surface area contributed by atoms with Gasteiger partial charge in [0.15, 0.2) is 5.69 Å². The van der Waals surface area contributed by atoms with Crippen LogP contribution in [0.2, 0.25) is 10.0 Å². The summed E-state index contributed by atoms with van der Waals surface area (Å²) in [5.41, 5.74) is 2.64. The number of carbonyl (C=O) groups is 1. The smallest absolute Gasteiger partial charge is 0.272 e. The third-order valence-corrected chi connectivity index (χ3v) is 7.96. The number of nitrogens with one attached hydrogen (secondary N) is 1. The molecule has 1 aromatic heterocycles. The van der Waals surface area contributed by atoms with Crippen molar-refractivity contribution in [1.82, 2.24) is 20.0 Å². The normalized spacial score (nSPS) is 24.9. The SMILES string of the molecule is O=C(N[C@H]1C[C@H]2COC[C@@H](C1)N2Cc1ccc(Cl)cc1Cl)c1nn(CC2CC2)c2ccccc12. The van der Waals surface area contributed by atoms with Gasteiger partial charge in [-0.25, -0.2) is 0 Å². The number of aromatic nitrogens is 2. The molecule has 1 amide bonds. The van der Waals surface area contributed by atoms with Crippen LogP contribution in [-0.4, -0.2) is 51.9 Å². The first-order valence-electron chi connectivity index (χ1n) is 12.1. The molecule has 1 N–H and O–H groups in total. The van der Waals surface area contributed by atoms with Crippen molar-refractivity contribution in [2.75, 3.05) is 13.2 Å². The molecule has 1 aliphatic carbocycles. The van der Waals surface area contributed by atoms with Crippen LogP contribution < -0.4 is 5.32 Å². The molecule has 8 heteroatoms. The van der Waals surface area contributed by atoms with E-state index in [9.17, 15) is 4.79 Å². The molecule has 6 rings (SSSR count). The van der Waals surface area contributed by atoms with Gasteiger partial charge in [-0.2, -0.15) is 5.10 Å². The molecule has 3 fully saturated rings. The Labute approximate surface area is 209 Å². The number of carbonyl (C=O) groups excluding carboxylic acids is 1. The summed E-state index contributed by atoms with van der Waals surface area (Å²) in [6, 6.07) is 14.3. The molecule has 1 saturated carbocycles. The number of benzene rings is 2. The molecule has 3 aromatic rings. The van der Waals surface area contributed by atoms with Crippen molar-refractivity contribution in [3.8, 4) is 0 Å². The average molecular weight is 499 g/mol. The van der Waals surface area contributed by atoms with E-state index in [4.69, 9.17) is 33.0 Å². The molecule has 3 atom stereocenters. The highest BCUT2D eigenvalue weighted by Crippen LogP contribution is 2.33. The Morgan fingerprint density at radius 3 is 2.59 bits per heavy atom. The maximum atomic E-state index is 13.3. The molecule has 0 unspecified atom stereocenters. The quantitative estimate of drug-likeness (QED) is 0.524. The third-order valence-electron chi connectivity index (χ3n) is 7.38. The van der Waals surface area contributed by atoms with Crippen molar-refractivity contribution in [1.29, 1.82) is 0 Å². The number of fused-ring (bicyclic) bond motifs is 3. The molecule has 3 heterocycles. The Bertz CT molecular complexity index is 1210. The Hall–Kier alpha value is -2.12. The summed E-state index contributed by atoms with van der Waals surface area (Å²) >= 11 is 12.5. The van der Waals surface area contributed by atoms with Gasteiger partial charge >= 0.3 is 0 Å². The monoisotopic (exact) mass is 498 g/mol. The second-order valence-electron chi connectivity index (χ2n) is 9.89. The zero-order chi connectivity index (χ0) is 23.2. The van der Waals surface area contributed by atoms with Gasteiger partial charge in [-0.1, -0.05) is 47.5 Å². The van der Waals surface area contributed by atoms with Gasteiger partial charge in [0.25, 0.3) is 5.91 Å². The highest BCUT2D eigenvalue weighted by atomic mass is 35.5. The van der Waals surface area contributed by atoms with Crippen LogP contribution in [0.25, 0.3) is 10.9 Å². The van der Waals surface area contributed by atoms with Crippen LogP contribution in [0.4, 0.5) is 0 Å². The lowest BCUT2D eigenvalue weighted by Crippen LogP contribution is -2.60. The third kappa shape index (κ3) is 4.44. The van der Waals surface area contributed by atoms with Crippen molar-refractivity contribution in [3.63, 3.8) is 0 Å². The van der Waals surface area contributed by atoms with E-state index in [2.05, 4.69) is 16.3 Å². The minimum atomic E-state index is -0.0797. The molecule has 2 aromatic carbocycles. The molecular weight excluding hydrogens is 471 g/mol. The fraction of sp³-hybridized carbons (Fsp3) is 0.462. The van der Waals surface area contributed by atoms with Crippen LogP contribution in [-0.2, 0) is 17.8 Å². The molecule has 2 aliphatic heterocycles. The average Bonchev–Trinajstić information content (AvgIpc) is 3.55. The summed E-state index contributed by atoms with van der Waals surface area (Å²) < 4.78 is 7.89. The van der Waals surface area contributed by atoms with Crippen molar-refractivity contribution >= 4 is 40.0 Å². The number of rotatable bonds is 6. The summed E-state index contributed by atoms with van der Waals surface area (Å²) in [7, 11) is 0. The number of ether oxygens (including phenoxy) is 1. The van der Waals surface area contributed by atoms with Crippen LogP contribution in [0.15, 0.2) is 42.5 Å². The first kappa shape index (κ1) is 22.4. The highest BCUT2D eigenvalue weighted by molar-refractivity contribution is 6.35. The van der Waals surface area contributed by atoms with E-state index in [-0.39, 0.29) is 24.0 Å². The first-order chi connectivity index (χ1) is 16.5. The Morgan fingerprint density at radius 1 is 1.09 bits per heavy atom. The van der Waals surface area contributed by atoms with Crippen LogP contribution in [0.1, 0.15) is 41.7 Å².